The van der Waals surface area contributed by atoms with Crippen LogP contribution in [0.2, 0.25) is 0 Å². The molecule has 0 radical (unpaired) electrons. The summed E-state index contributed by atoms with van der Waals surface area (Å²) in [7, 11) is 0. The lowest BCUT2D eigenvalue weighted by Gasteiger charge is -2.04. The lowest BCUT2D eigenvalue weighted by atomic mass is 10.6. The van der Waals surface area contributed by atoms with Crippen molar-refractivity contribution in [3.8, 4) is 5.88 Å². The van der Waals surface area contributed by atoms with Gasteiger partial charge >= 0.3 is 0 Å². The molecule has 1 aromatic heterocycles. The van der Waals surface area contributed by atoms with Crippen molar-refractivity contribution < 1.29 is 13.5 Å². The third kappa shape index (κ3) is 2.76. The number of aromatic amines is 1. The van der Waals surface area contributed by atoms with Gasteiger partial charge in [-0.1, -0.05) is 0 Å². The maximum Gasteiger partial charge on any atom is 0.272 e. The molecule has 0 unspecified atom stereocenters. The molecule has 72 valence electrons. The number of H-pyrrole nitrogens is 1. The Morgan fingerprint density at radius 1 is 1.69 bits per heavy atom. The van der Waals surface area contributed by atoms with Crippen LogP contribution in [0.25, 0.3) is 0 Å². The Bertz CT molecular complexity index is 342. The second kappa shape index (κ2) is 4.31. The van der Waals surface area contributed by atoms with E-state index in [1.165, 1.54) is 0 Å². The molecular formula is C6H5BrF2N2O2. The van der Waals surface area contributed by atoms with Gasteiger partial charge in [-0.05, 0) is 15.9 Å². The molecule has 0 fully saturated rings. The van der Waals surface area contributed by atoms with E-state index in [2.05, 4.69) is 30.6 Å². The number of nitrogens with one attached hydrogen (secondary N) is 1. The van der Waals surface area contributed by atoms with E-state index in [0.29, 0.717) is 0 Å². The van der Waals surface area contributed by atoms with Crippen LogP contribution < -0.4 is 10.3 Å². The second-order valence-corrected chi connectivity index (χ2v) is 2.85. The van der Waals surface area contributed by atoms with E-state index in [1.807, 2.05) is 0 Å². The predicted octanol–water partition coefficient (Wildman–Crippen LogP) is 1.18. The molecule has 0 atom stereocenters. The summed E-state index contributed by atoms with van der Waals surface area (Å²) in [5, 5.41) is 0. The average Bonchev–Trinajstić information content (AvgIpc) is 2.07. The molecule has 0 aliphatic heterocycles. The Morgan fingerprint density at radius 2 is 2.38 bits per heavy atom. The summed E-state index contributed by atoms with van der Waals surface area (Å²) in [5.41, 5.74) is -0.473. The van der Waals surface area contributed by atoms with Gasteiger partial charge in [0.25, 0.3) is 12.0 Å². The number of hydrogen-bond acceptors (Lipinski definition) is 3. The van der Waals surface area contributed by atoms with Crippen LogP contribution >= 0.6 is 15.9 Å². The summed E-state index contributed by atoms with van der Waals surface area (Å²) >= 11 is 2.85. The lowest BCUT2D eigenvalue weighted by molar-refractivity contribution is 0.0790. The lowest BCUT2D eigenvalue weighted by Crippen LogP contribution is -2.13. The molecule has 0 spiro atoms. The average molecular weight is 255 g/mol. The van der Waals surface area contributed by atoms with Gasteiger partial charge in [0.15, 0.2) is 6.61 Å². The van der Waals surface area contributed by atoms with Crippen LogP contribution in [0, 0.1) is 0 Å². The number of aromatic nitrogens is 2. The molecule has 0 amide bonds. The molecule has 1 aromatic rings. The van der Waals surface area contributed by atoms with Crippen molar-refractivity contribution in [2.45, 2.75) is 6.43 Å². The molecule has 4 nitrogen and oxygen atoms in total. The van der Waals surface area contributed by atoms with Crippen LogP contribution in [0.15, 0.2) is 15.6 Å². The molecule has 0 aromatic carbocycles. The number of alkyl halides is 2. The summed E-state index contributed by atoms with van der Waals surface area (Å²) < 4.78 is 28.0. The standard InChI is InChI=1S/C6H5BrF2N2O2/c7-4-5(12)10-2-11-6(4)13-1-3(8)9/h2-3H,1H2,(H,10,11,12). The van der Waals surface area contributed by atoms with Crippen LogP contribution in [-0.2, 0) is 0 Å². The minimum Gasteiger partial charge on any atom is -0.471 e. The van der Waals surface area contributed by atoms with Gasteiger partial charge in [0, 0.05) is 0 Å². The van der Waals surface area contributed by atoms with Crippen molar-refractivity contribution in [1.29, 1.82) is 0 Å². The second-order valence-electron chi connectivity index (χ2n) is 2.05. The highest BCUT2D eigenvalue weighted by molar-refractivity contribution is 9.10. The molecule has 1 rings (SSSR count). The Balaban J connectivity index is 2.77. The maximum atomic E-state index is 11.7. The van der Waals surface area contributed by atoms with Crippen LogP contribution in [0.1, 0.15) is 0 Å². The minimum absolute atomic E-state index is 0.00986. The van der Waals surface area contributed by atoms with Crippen molar-refractivity contribution in [3.05, 3.63) is 21.2 Å². The van der Waals surface area contributed by atoms with E-state index in [0.717, 1.165) is 6.33 Å². The monoisotopic (exact) mass is 254 g/mol. The van der Waals surface area contributed by atoms with Crippen molar-refractivity contribution in [2.75, 3.05) is 6.61 Å². The number of nitrogens with zero attached hydrogens (tertiary/aromatic N) is 1. The molecule has 0 saturated carbocycles. The fourth-order valence-electron chi connectivity index (χ4n) is 0.609. The van der Waals surface area contributed by atoms with Gasteiger partial charge in [-0.2, -0.15) is 0 Å². The molecular weight excluding hydrogens is 250 g/mol. The zero-order valence-electron chi connectivity index (χ0n) is 6.26. The molecule has 1 heterocycles. The Hall–Kier alpha value is -0.980. The highest BCUT2D eigenvalue weighted by Crippen LogP contribution is 2.16. The highest BCUT2D eigenvalue weighted by Gasteiger charge is 2.09. The summed E-state index contributed by atoms with van der Waals surface area (Å²) in [6, 6.07) is 0. The van der Waals surface area contributed by atoms with E-state index in [4.69, 9.17) is 0 Å². The summed E-state index contributed by atoms with van der Waals surface area (Å²) in [6.07, 6.45) is -1.51. The first kappa shape index (κ1) is 10.1. The Labute approximate surface area is 80.1 Å². The van der Waals surface area contributed by atoms with Crippen LogP contribution in [0.5, 0.6) is 5.88 Å². The third-order valence-electron chi connectivity index (χ3n) is 1.11. The fourth-order valence-corrected chi connectivity index (χ4v) is 0.941. The summed E-state index contributed by atoms with van der Waals surface area (Å²) in [4.78, 5) is 16.7. The maximum absolute atomic E-state index is 11.7. The van der Waals surface area contributed by atoms with E-state index in [-0.39, 0.29) is 10.4 Å². The zero-order valence-corrected chi connectivity index (χ0v) is 7.85. The predicted molar refractivity (Wildman–Crippen MR) is 44.1 cm³/mol. The molecule has 0 saturated heterocycles. The summed E-state index contributed by atoms with van der Waals surface area (Å²) in [5.74, 6) is -0.135. The van der Waals surface area contributed by atoms with Crippen LogP contribution in [0.3, 0.4) is 0 Å². The molecule has 0 aliphatic rings. The van der Waals surface area contributed by atoms with Crippen molar-refractivity contribution >= 4 is 15.9 Å². The van der Waals surface area contributed by atoms with E-state index < -0.39 is 18.6 Å². The van der Waals surface area contributed by atoms with E-state index >= 15 is 0 Å². The van der Waals surface area contributed by atoms with Gasteiger partial charge in [-0.15, -0.1) is 0 Å². The van der Waals surface area contributed by atoms with Crippen LogP contribution in [-0.4, -0.2) is 23.0 Å². The van der Waals surface area contributed by atoms with Gasteiger partial charge in [0.2, 0.25) is 5.88 Å². The van der Waals surface area contributed by atoms with Gasteiger partial charge in [-0.25, -0.2) is 13.8 Å². The van der Waals surface area contributed by atoms with Crippen molar-refractivity contribution in [2.24, 2.45) is 0 Å². The van der Waals surface area contributed by atoms with E-state index in [1.54, 1.807) is 0 Å². The van der Waals surface area contributed by atoms with Gasteiger partial charge in [-0.3, -0.25) is 4.79 Å². The first-order valence-corrected chi connectivity index (χ1v) is 4.04. The summed E-state index contributed by atoms with van der Waals surface area (Å²) in [6.45, 7) is -0.783. The largest absolute Gasteiger partial charge is 0.471 e. The topological polar surface area (TPSA) is 55.0 Å². The van der Waals surface area contributed by atoms with Crippen molar-refractivity contribution in [3.63, 3.8) is 0 Å². The Morgan fingerprint density at radius 3 is 3.00 bits per heavy atom. The highest BCUT2D eigenvalue weighted by atomic mass is 79.9. The number of hydrogen-bond donors (Lipinski definition) is 1. The SMILES string of the molecule is O=c1[nH]cnc(OCC(F)F)c1Br. The third-order valence-corrected chi connectivity index (χ3v) is 1.81. The van der Waals surface area contributed by atoms with Gasteiger partial charge < -0.3 is 9.72 Å². The number of rotatable bonds is 3. The zero-order chi connectivity index (χ0) is 9.84. The molecule has 7 heteroatoms. The minimum atomic E-state index is -2.59. The normalized spacial score (nSPS) is 10.5. The number of halogens is 3. The van der Waals surface area contributed by atoms with Crippen LogP contribution in [0.4, 0.5) is 8.78 Å². The molecule has 0 aliphatic carbocycles. The smallest absolute Gasteiger partial charge is 0.272 e. The Kier molecular flexibility index (Phi) is 3.35. The van der Waals surface area contributed by atoms with E-state index in [9.17, 15) is 13.6 Å². The van der Waals surface area contributed by atoms with Crippen molar-refractivity contribution in [1.82, 2.24) is 9.97 Å². The molecule has 13 heavy (non-hydrogen) atoms. The number of ether oxygens (including phenoxy) is 1. The van der Waals surface area contributed by atoms with Gasteiger partial charge in [0.1, 0.15) is 4.47 Å². The molecule has 0 bridgehead atoms. The van der Waals surface area contributed by atoms with Gasteiger partial charge in [0.05, 0.1) is 6.33 Å². The fraction of sp³-hybridized carbons (Fsp3) is 0.333. The first-order valence-electron chi connectivity index (χ1n) is 3.25. The molecule has 1 N–H and O–H groups in total. The quantitative estimate of drug-likeness (QED) is 0.882. The first-order chi connectivity index (χ1) is 6.11.